The van der Waals surface area contributed by atoms with Crippen LogP contribution in [0.3, 0.4) is 0 Å². The van der Waals surface area contributed by atoms with E-state index in [-0.39, 0.29) is 47.1 Å². The zero-order valence-corrected chi connectivity index (χ0v) is 23.2. The van der Waals surface area contributed by atoms with Gasteiger partial charge in [-0.1, -0.05) is 17.7 Å². The van der Waals surface area contributed by atoms with Gasteiger partial charge in [0.1, 0.15) is 11.9 Å². The highest BCUT2D eigenvalue weighted by atomic mass is 35.5. The molecular formula is C28H28ClFN6O5. The number of primary amides is 1. The molecule has 3 aromatic rings. The van der Waals surface area contributed by atoms with Crippen LogP contribution in [0.5, 0.6) is 0 Å². The minimum absolute atomic E-state index is 0.0567. The van der Waals surface area contributed by atoms with Crippen molar-refractivity contribution >= 4 is 40.1 Å². The lowest BCUT2D eigenvalue weighted by Gasteiger charge is -2.41. The van der Waals surface area contributed by atoms with E-state index in [0.29, 0.717) is 18.0 Å². The van der Waals surface area contributed by atoms with Crippen LogP contribution in [0.25, 0.3) is 10.9 Å². The van der Waals surface area contributed by atoms with Gasteiger partial charge in [-0.05, 0) is 56.9 Å². The highest BCUT2D eigenvalue weighted by Gasteiger charge is 2.47. The van der Waals surface area contributed by atoms with Gasteiger partial charge in [0.05, 0.1) is 34.6 Å². The number of hydrogen-bond acceptors (Lipinski definition) is 6. The molecule has 1 aliphatic carbocycles. The van der Waals surface area contributed by atoms with Crippen LogP contribution in [0.2, 0.25) is 5.02 Å². The molecule has 0 bridgehead atoms. The summed E-state index contributed by atoms with van der Waals surface area (Å²) in [5.41, 5.74) is 3.12. The fraction of sp³-hybridized carbons (Fsp3) is 0.393. The Morgan fingerprint density at radius 2 is 2.00 bits per heavy atom. The molecule has 214 valence electrons. The largest absolute Gasteiger partial charge is 0.367 e. The quantitative estimate of drug-likeness (QED) is 0.455. The summed E-state index contributed by atoms with van der Waals surface area (Å²) in [7, 11) is 0. The number of amides is 3. The Labute approximate surface area is 238 Å². The fourth-order valence-corrected chi connectivity index (χ4v) is 5.38. The number of morpholine rings is 1. The van der Waals surface area contributed by atoms with Crippen molar-refractivity contribution in [2.24, 2.45) is 11.7 Å². The molecule has 13 heteroatoms. The van der Waals surface area contributed by atoms with Crippen LogP contribution in [0.4, 0.5) is 14.9 Å². The van der Waals surface area contributed by atoms with Crippen molar-refractivity contribution in [3.8, 4) is 6.07 Å². The molecule has 11 nitrogen and oxygen atoms in total. The van der Waals surface area contributed by atoms with Crippen molar-refractivity contribution in [2.45, 2.75) is 44.9 Å². The minimum Gasteiger partial charge on any atom is -0.367 e. The molecule has 5 rings (SSSR count). The first-order valence-corrected chi connectivity index (χ1v) is 13.5. The number of benzene rings is 2. The van der Waals surface area contributed by atoms with Crippen LogP contribution in [0.1, 0.15) is 43.9 Å². The normalized spacial score (nSPS) is 18.9. The van der Waals surface area contributed by atoms with E-state index < -0.39 is 40.5 Å². The van der Waals surface area contributed by atoms with Crippen LogP contribution in [-0.4, -0.2) is 45.7 Å². The number of halogens is 2. The summed E-state index contributed by atoms with van der Waals surface area (Å²) in [6.45, 7) is 3.54. The molecule has 2 aromatic carbocycles. The molecule has 2 aliphatic rings. The third-order valence-corrected chi connectivity index (χ3v) is 7.89. The van der Waals surface area contributed by atoms with Crippen LogP contribution < -0.4 is 22.3 Å². The minimum atomic E-state index is -2.05. The molecule has 3 N–H and O–H groups in total. The number of nitrogens with zero attached hydrogens (tertiary/aromatic N) is 4. The van der Waals surface area contributed by atoms with Crippen LogP contribution >= 0.6 is 11.6 Å². The van der Waals surface area contributed by atoms with Gasteiger partial charge >= 0.3 is 11.7 Å². The van der Waals surface area contributed by atoms with Gasteiger partial charge in [-0.2, -0.15) is 5.26 Å². The second-order valence-electron chi connectivity index (χ2n) is 10.6. The number of urea groups is 1. The van der Waals surface area contributed by atoms with E-state index in [2.05, 4.69) is 5.32 Å². The van der Waals surface area contributed by atoms with E-state index >= 15 is 4.39 Å². The summed E-state index contributed by atoms with van der Waals surface area (Å²) in [4.78, 5) is 53.7. The van der Waals surface area contributed by atoms with E-state index in [9.17, 15) is 19.2 Å². The second-order valence-corrected chi connectivity index (χ2v) is 11.0. The molecule has 2 heterocycles. The van der Waals surface area contributed by atoms with Crippen molar-refractivity contribution in [1.29, 1.82) is 5.26 Å². The third kappa shape index (κ3) is 4.96. The zero-order valence-electron chi connectivity index (χ0n) is 22.4. The number of carbonyl (C=O) groups excluding carboxylic acids is 2. The number of fused-ring (bicyclic) bond motifs is 1. The average Bonchev–Trinajstić information content (AvgIpc) is 3.77. The van der Waals surface area contributed by atoms with Gasteiger partial charge in [0, 0.05) is 30.4 Å². The molecule has 1 saturated heterocycles. The van der Waals surface area contributed by atoms with Gasteiger partial charge in [-0.25, -0.2) is 14.0 Å². The first kappa shape index (κ1) is 28.3. The van der Waals surface area contributed by atoms with E-state index in [1.165, 1.54) is 27.7 Å². The molecule has 1 aliphatic heterocycles. The summed E-state index contributed by atoms with van der Waals surface area (Å²) < 4.78 is 23.7. The predicted molar refractivity (Wildman–Crippen MR) is 149 cm³/mol. The lowest BCUT2D eigenvalue weighted by atomic mass is 9.89. The molecular weight excluding hydrogens is 555 g/mol. The number of anilines is 1. The Bertz CT molecular complexity index is 1740. The number of ether oxygens (including phenoxy) is 1. The second kappa shape index (κ2) is 10.6. The SMILES string of the molecule is CC(C)n1c(=O)n(CC2CC2)c(=O)c2cc(NC(=O)N3CCOC(C(N)=O)(c4ccc(C#N)c(Cl)c4F)C3)ccc21. The highest BCUT2D eigenvalue weighted by molar-refractivity contribution is 6.32. The Morgan fingerprint density at radius 3 is 2.63 bits per heavy atom. The smallest absolute Gasteiger partial charge is 0.331 e. The fourth-order valence-electron chi connectivity index (χ4n) is 5.17. The maximum absolute atomic E-state index is 15.2. The lowest BCUT2D eigenvalue weighted by Crippen LogP contribution is -2.59. The van der Waals surface area contributed by atoms with Gasteiger partial charge in [0.15, 0.2) is 5.60 Å². The Hall–Kier alpha value is -4.21. The average molecular weight is 583 g/mol. The van der Waals surface area contributed by atoms with Gasteiger partial charge in [0.2, 0.25) is 0 Å². The van der Waals surface area contributed by atoms with Crippen molar-refractivity contribution in [2.75, 3.05) is 25.0 Å². The number of carbonyl (C=O) groups is 2. The summed E-state index contributed by atoms with van der Waals surface area (Å²) in [6.07, 6.45) is 1.93. The standard InChI is InChI=1S/C28H28ClFN6O5/c1-15(2)36-21-8-6-18(11-19(21)24(37)35(27(36)40)13-16-3-4-16)33-26(39)34-9-10-41-28(14-34,25(32)38)20-7-5-17(12-31)22(29)23(20)30/h5-8,11,15-16H,3-4,9-10,13-14H2,1-2H3,(H2,32,38)(H,33,39). The predicted octanol–water partition coefficient (Wildman–Crippen LogP) is 3.06. The Morgan fingerprint density at radius 1 is 1.27 bits per heavy atom. The van der Waals surface area contributed by atoms with Crippen molar-refractivity contribution in [1.82, 2.24) is 14.0 Å². The van der Waals surface area contributed by atoms with Crippen LogP contribution in [-0.2, 0) is 21.7 Å². The van der Waals surface area contributed by atoms with Crippen LogP contribution in [0, 0.1) is 23.1 Å². The van der Waals surface area contributed by atoms with Crippen molar-refractivity contribution in [3.05, 3.63) is 73.1 Å². The van der Waals surface area contributed by atoms with Crippen molar-refractivity contribution < 1.29 is 18.7 Å². The summed E-state index contributed by atoms with van der Waals surface area (Å²) in [6, 6.07) is 8.04. The van der Waals surface area contributed by atoms with E-state index in [4.69, 9.17) is 27.3 Å². The van der Waals surface area contributed by atoms with Gasteiger partial charge in [-0.15, -0.1) is 0 Å². The van der Waals surface area contributed by atoms with E-state index in [0.717, 1.165) is 12.8 Å². The topological polar surface area (TPSA) is 152 Å². The first-order chi connectivity index (χ1) is 19.5. The molecule has 1 aromatic heterocycles. The zero-order chi connectivity index (χ0) is 29.6. The molecule has 0 radical (unpaired) electrons. The molecule has 3 amide bonds. The number of hydrogen-bond donors (Lipinski definition) is 2. The Kier molecular flexibility index (Phi) is 7.35. The molecule has 2 fully saturated rings. The number of nitrogens with two attached hydrogens (primary N) is 1. The number of nitrogens with one attached hydrogen (secondary N) is 1. The monoisotopic (exact) mass is 582 g/mol. The lowest BCUT2D eigenvalue weighted by molar-refractivity contribution is -0.156. The number of aromatic nitrogens is 2. The molecule has 1 atom stereocenters. The van der Waals surface area contributed by atoms with Gasteiger partial charge < -0.3 is 20.7 Å². The summed E-state index contributed by atoms with van der Waals surface area (Å²) in [5, 5.41) is 11.7. The molecule has 41 heavy (non-hydrogen) atoms. The number of nitriles is 1. The van der Waals surface area contributed by atoms with E-state index in [1.807, 2.05) is 13.8 Å². The van der Waals surface area contributed by atoms with Gasteiger partial charge in [-0.3, -0.25) is 18.7 Å². The van der Waals surface area contributed by atoms with E-state index in [1.54, 1.807) is 22.8 Å². The molecule has 1 saturated carbocycles. The summed E-state index contributed by atoms with van der Waals surface area (Å²) >= 11 is 5.99. The first-order valence-electron chi connectivity index (χ1n) is 13.2. The third-order valence-electron chi connectivity index (χ3n) is 7.52. The van der Waals surface area contributed by atoms with Crippen molar-refractivity contribution in [3.63, 3.8) is 0 Å². The van der Waals surface area contributed by atoms with Crippen LogP contribution in [0.15, 0.2) is 39.9 Å². The highest BCUT2D eigenvalue weighted by Crippen LogP contribution is 2.36. The van der Waals surface area contributed by atoms with Gasteiger partial charge in [0.25, 0.3) is 11.5 Å². The molecule has 0 spiro atoms. The summed E-state index contributed by atoms with van der Waals surface area (Å²) in [5.74, 6) is -1.78. The Balaban J connectivity index is 1.47. The molecule has 1 unspecified atom stereocenters. The number of rotatable bonds is 6. The maximum atomic E-state index is 15.2. The maximum Gasteiger partial charge on any atom is 0.331 e.